The van der Waals surface area contributed by atoms with Gasteiger partial charge in [-0.2, -0.15) is 0 Å². The predicted molar refractivity (Wildman–Crippen MR) is 113 cm³/mol. The fourth-order valence-corrected chi connectivity index (χ4v) is 3.62. The highest BCUT2D eigenvalue weighted by molar-refractivity contribution is 4.88. The summed E-state index contributed by atoms with van der Waals surface area (Å²) >= 11 is 0. The summed E-state index contributed by atoms with van der Waals surface area (Å²) in [5.41, 5.74) is -0.0649. The van der Waals surface area contributed by atoms with Crippen molar-refractivity contribution in [2.24, 2.45) is 0 Å². The smallest absolute Gasteiger partial charge is 0.0992 e. The molecule has 1 aliphatic heterocycles. The molecule has 2 N–H and O–H groups in total. The van der Waals surface area contributed by atoms with E-state index in [4.69, 9.17) is 9.47 Å². The SMILES string of the molecule is COCN1CCCCN(C)CCNCCCN(C)CCNCC1(C)COC. The molecule has 0 aromatic rings. The molecule has 0 amide bonds. The van der Waals surface area contributed by atoms with Gasteiger partial charge in [0.05, 0.1) is 18.9 Å². The number of hydrogen-bond donors (Lipinski definition) is 2. The largest absolute Gasteiger partial charge is 0.383 e. The van der Waals surface area contributed by atoms with Crippen molar-refractivity contribution >= 4 is 0 Å². The van der Waals surface area contributed by atoms with E-state index in [0.717, 1.165) is 58.9 Å². The van der Waals surface area contributed by atoms with Crippen molar-refractivity contribution < 1.29 is 9.47 Å². The molecule has 1 aliphatic rings. The van der Waals surface area contributed by atoms with Gasteiger partial charge in [0.25, 0.3) is 0 Å². The van der Waals surface area contributed by atoms with Gasteiger partial charge in [-0.3, -0.25) is 4.90 Å². The number of rotatable bonds is 4. The van der Waals surface area contributed by atoms with Gasteiger partial charge in [-0.05, 0) is 59.9 Å². The van der Waals surface area contributed by atoms with Crippen LogP contribution in [-0.4, -0.2) is 121 Å². The van der Waals surface area contributed by atoms with E-state index in [2.05, 4.69) is 46.4 Å². The third-order valence-corrected chi connectivity index (χ3v) is 5.46. The molecule has 1 atom stereocenters. The van der Waals surface area contributed by atoms with Gasteiger partial charge in [-0.15, -0.1) is 0 Å². The quantitative estimate of drug-likeness (QED) is 0.730. The van der Waals surface area contributed by atoms with Crippen LogP contribution >= 0.6 is 0 Å². The molecule has 162 valence electrons. The van der Waals surface area contributed by atoms with E-state index in [1.165, 1.54) is 19.3 Å². The number of methoxy groups -OCH3 is 2. The molecule has 0 bridgehead atoms. The lowest BCUT2D eigenvalue weighted by Gasteiger charge is -2.41. The van der Waals surface area contributed by atoms with Crippen LogP contribution in [0.4, 0.5) is 0 Å². The summed E-state index contributed by atoms with van der Waals surface area (Å²) in [4.78, 5) is 7.27. The minimum atomic E-state index is -0.0649. The Morgan fingerprint density at radius 1 is 0.778 bits per heavy atom. The fraction of sp³-hybridized carbons (Fsp3) is 1.00. The number of ether oxygens (including phenoxy) is 2. The molecule has 0 spiro atoms. The lowest BCUT2D eigenvalue weighted by atomic mass is 10.0. The maximum Gasteiger partial charge on any atom is 0.0992 e. The molecule has 1 unspecified atom stereocenters. The molecule has 27 heavy (non-hydrogen) atoms. The summed E-state index contributed by atoms with van der Waals surface area (Å²) in [7, 11) is 8.00. The predicted octanol–water partition coefficient (Wildman–Crippen LogP) is 0.524. The van der Waals surface area contributed by atoms with Gasteiger partial charge in [-0.1, -0.05) is 0 Å². The van der Waals surface area contributed by atoms with Crippen LogP contribution in [0.25, 0.3) is 0 Å². The van der Waals surface area contributed by atoms with Gasteiger partial charge in [0.2, 0.25) is 0 Å². The fourth-order valence-electron chi connectivity index (χ4n) is 3.62. The highest BCUT2D eigenvalue weighted by Crippen LogP contribution is 2.16. The highest BCUT2D eigenvalue weighted by Gasteiger charge is 2.31. The second-order valence-corrected chi connectivity index (χ2v) is 8.21. The third kappa shape index (κ3) is 10.7. The Hall–Kier alpha value is -0.280. The van der Waals surface area contributed by atoms with Crippen LogP contribution in [0.3, 0.4) is 0 Å². The molecule has 0 saturated carbocycles. The van der Waals surface area contributed by atoms with Crippen molar-refractivity contribution in [3.8, 4) is 0 Å². The van der Waals surface area contributed by atoms with Crippen LogP contribution in [0.1, 0.15) is 26.2 Å². The van der Waals surface area contributed by atoms with Crippen LogP contribution < -0.4 is 10.6 Å². The van der Waals surface area contributed by atoms with Crippen molar-refractivity contribution in [3.63, 3.8) is 0 Å². The summed E-state index contributed by atoms with van der Waals surface area (Å²) in [6.45, 7) is 13.2. The van der Waals surface area contributed by atoms with E-state index in [0.29, 0.717) is 13.3 Å². The van der Waals surface area contributed by atoms with Crippen LogP contribution in [0.2, 0.25) is 0 Å². The van der Waals surface area contributed by atoms with Gasteiger partial charge in [-0.25, -0.2) is 0 Å². The van der Waals surface area contributed by atoms with E-state index in [1.54, 1.807) is 14.2 Å². The lowest BCUT2D eigenvalue weighted by molar-refractivity contribution is -0.0440. The Balaban J connectivity index is 2.67. The van der Waals surface area contributed by atoms with Gasteiger partial charge in [0.15, 0.2) is 0 Å². The van der Waals surface area contributed by atoms with Gasteiger partial charge < -0.3 is 29.9 Å². The molecule has 7 heteroatoms. The zero-order chi connectivity index (χ0) is 20.0. The topological polar surface area (TPSA) is 52.2 Å². The number of nitrogens with one attached hydrogen (secondary N) is 2. The molecule has 1 rings (SSSR count). The summed E-state index contributed by atoms with van der Waals surface area (Å²) in [6, 6.07) is 0. The van der Waals surface area contributed by atoms with Crippen molar-refractivity contribution in [3.05, 3.63) is 0 Å². The molecule has 0 aliphatic carbocycles. The summed E-state index contributed by atoms with van der Waals surface area (Å²) in [5.74, 6) is 0. The van der Waals surface area contributed by atoms with Crippen molar-refractivity contribution in [2.45, 2.75) is 31.7 Å². The minimum Gasteiger partial charge on any atom is -0.383 e. The molecule has 1 saturated heterocycles. The Morgan fingerprint density at radius 2 is 1.41 bits per heavy atom. The monoisotopic (exact) mass is 387 g/mol. The van der Waals surface area contributed by atoms with Crippen LogP contribution in [0.5, 0.6) is 0 Å². The van der Waals surface area contributed by atoms with Crippen LogP contribution in [-0.2, 0) is 9.47 Å². The van der Waals surface area contributed by atoms with E-state index in [1.807, 2.05) is 0 Å². The van der Waals surface area contributed by atoms with Crippen LogP contribution in [0, 0.1) is 0 Å². The zero-order valence-electron chi connectivity index (χ0n) is 18.6. The third-order valence-electron chi connectivity index (χ3n) is 5.46. The van der Waals surface area contributed by atoms with Gasteiger partial charge >= 0.3 is 0 Å². The standard InChI is InChI=1S/C20H45N5O2/c1-20(18-26-4)17-22-11-16-24(3)13-8-9-21-10-15-23(2)12-6-7-14-25(20)19-27-5/h21-22H,6-19H2,1-5H3. The Labute approximate surface area is 167 Å². The Kier molecular flexibility index (Phi) is 13.5. The molecular formula is C20H45N5O2. The molecule has 7 nitrogen and oxygen atoms in total. The molecule has 0 aromatic heterocycles. The van der Waals surface area contributed by atoms with E-state index in [-0.39, 0.29) is 5.54 Å². The van der Waals surface area contributed by atoms with Gasteiger partial charge in [0.1, 0.15) is 0 Å². The second-order valence-electron chi connectivity index (χ2n) is 8.21. The lowest BCUT2D eigenvalue weighted by Crippen LogP contribution is -2.57. The average Bonchev–Trinajstić information content (AvgIpc) is 2.63. The summed E-state index contributed by atoms with van der Waals surface area (Å²) in [6.07, 6.45) is 3.57. The Morgan fingerprint density at radius 3 is 2.07 bits per heavy atom. The van der Waals surface area contributed by atoms with E-state index < -0.39 is 0 Å². The maximum absolute atomic E-state index is 5.57. The first-order chi connectivity index (χ1) is 13.0. The molecular weight excluding hydrogens is 342 g/mol. The molecule has 0 aromatic carbocycles. The first-order valence-electron chi connectivity index (χ1n) is 10.5. The first kappa shape index (κ1) is 24.8. The number of nitrogens with zero attached hydrogens (tertiary/aromatic N) is 3. The van der Waals surface area contributed by atoms with Crippen molar-refractivity contribution in [1.29, 1.82) is 0 Å². The molecule has 0 radical (unpaired) electrons. The number of hydrogen-bond acceptors (Lipinski definition) is 7. The van der Waals surface area contributed by atoms with E-state index in [9.17, 15) is 0 Å². The second kappa shape index (κ2) is 14.7. The number of likely N-dealkylation sites (N-methyl/N-ethyl adjacent to an activating group) is 2. The zero-order valence-corrected chi connectivity index (χ0v) is 18.6. The summed E-state index contributed by atoms with van der Waals surface area (Å²) in [5, 5.41) is 7.21. The molecule has 1 heterocycles. The summed E-state index contributed by atoms with van der Waals surface area (Å²) < 4.78 is 11.1. The first-order valence-corrected chi connectivity index (χ1v) is 10.5. The molecule has 1 fully saturated rings. The average molecular weight is 388 g/mol. The maximum atomic E-state index is 5.57. The van der Waals surface area contributed by atoms with Crippen molar-refractivity contribution in [1.82, 2.24) is 25.3 Å². The Bertz CT molecular complexity index is 361. The highest BCUT2D eigenvalue weighted by atomic mass is 16.5. The van der Waals surface area contributed by atoms with E-state index >= 15 is 0 Å². The normalized spacial score (nSPS) is 27.9. The van der Waals surface area contributed by atoms with Gasteiger partial charge in [0, 0.05) is 53.5 Å². The minimum absolute atomic E-state index is 0.0649. The van der Waals surface area contributed by atoms with Crippen LogP contribution in [0.15, 0.2) is 0 Å². The van der Waals surface area contributed by atoms with Crippen molar-refractivity contribution in [2.75, 3.05) is 101 Å².